The molecule has 0 saturated carbocycles. The van der Waals surface area contributed by atoms with E-state index in [2.05, 4.69) is 11.9 Å². The molecule has 0 aromatic rings. The fourth-order valence-corrected chi connectivity index (χ4v) is 3.87. The Balaban J connectivity index is 1.56. The van der Waals surface area contributed by atoms with Crippen LogP contribution in [0.4, 0.5) is 4.79 Å². The maximum atomic E-state index is 12.7. The van der Waals surface area contributed by atoms with Crippen LogP contribution in [0.15, 0.2) is 0 Å². The minimum absolute atomic E-state index is 0.100. The van der Waals surface area contributed by atoms with Crippen LogP contribution in [0.2, 0.25) is 0 Å². The molecule has 3 aliphatic heterocycles. The van der Waals surface area contributed by atoms with Gasteiger partial charge in [-0.3, -0.25) is 9.69 Å². The van der Waals surface area contributed by atoms with Gasteiger partial charge < -0.3 is 14.5 Å². The highest BCUT2D eigenvalue weighted by atomic mass is 16.6. The van der Waals surface area contributed by atoms with Crippen LogP contribution in [0.25, 0.3) is 0 Å². The van der Waals surface area contributed by atoms with Crippen molar-refractivity contribution in [2.24, 2.45) is 5.41 Å². The van der Waals surface area contributed by atoms with Gasteiger partial charge in [-0.1, -0.05) is 0 Å². The van der Waals surface area contributed by atoms with Crippen molar-refractivity contribution in [1.29, 1.82) is 0 Å². The summed E-state index contributed by atoms with van der Waals surface area (Å²) in [7, 11) is 2.12. The molecule has 0 aromatic heterocycles. The molecular weight excluding hydrogens is 282 g/mol. The van der Waals surface area contributed by atoms with Crippen LogP contribution in [-0.2, 0) is 9.53 Å². The van der Waals surface area contributed by atoms with E-state index in [1.54, 1.807) is 4.90 Å². The lowest BCUT2D eigenvalue weighted by Gasteiger charge is -2.46. The second-order valence-electron chi connectivity index (χ2n) is 8.16. The number of rotatable bonds is 1. The third-order valence-corrected chi connectivity index (χ3v) is 4.89. The molecule has 3 rings (SSSR count). The molecule has 0 N–H and O–H groups in total. The molecule has 6 nitrogen and oxygen atoms in total. The zero-order valence-electron chi connectivity index (χ0n) is 14.1. The molecule has 6 heteroatoms. The number of nitrogens with zero attached hydrogens (tertiary/aromatic N) is 3. The molecule has 3 heterocycles. The van der Waals surface area contributed by atoms with Gasteiger partial charge in [-0.05, 0) is 40.7 Å². The summed E-state index contributed by atoms with van der Waals surface area (Å²) >= 11 is 0. The predicted octanol–water partition coefficient (Wildman–Crippen LogP) is 1.16. The average Bonchev–Trinajstić information content (AvgIpc) is 2.69. The van der Waals surface area contributed by atoms with Crippen molar-refractivity contribution in [1.82, 2.24) is 14.7 Å². The van der Waals surface area contributed by atoms with Gasteiger partial charge in [0.05, 0.1) is 0 Å². The molecule has 0 radical (unpaired) electrons. The third-order valence-electron chi connectivity index (χ3n) is 4.89. The van der Waals surface area contributed by atoms with E-state index < -0.39 is 5.60 Å². The molecule has 124 valence electrons. The van der Waals surface area contributed by atoms with Gasteiger partial charge in [0.2, 0.25) is 5.91 Å². The van der Waals surface area contributed by atoms with Crippen LogP contribution in [-0.4, -0.2) is 78.1 Å². The second kappa shape index (κ2) is 5.11. The Kier molecular flexibility index (Phi) is 3.62. The molecule has 3 saturated heterocycles. The lowest BCUT2D eigenvalue weighted by molar-refractivity contribution is -0.141. The maximum absolute atomic E-state index is 12.7. The summed E-state index contributed by atoms with van der Waals surface area (Å²) in [5, 5.41) is 0. The first-order chi connectivity index (χ1) is 10.2. The normalized spacial score (nSPS) is 27.5. The summed E-state index contributed by atoms with van der Waals surface area (Å²) in [6.45, 7) is 9.98. The zero-order chi connectivity index (χ0) is 16.1. The number of hydrogen-bond acceptors (Lipinski definition) is 4. The maximum Gasteiger partial charge on any atom is 0.410 e. The first-order valence-electron chi connectivity index (χ1n) is 8.16. The van der Waals surface area contributed by atoms with E-state index in [9.17, 15) is 9.59 Å². The summed E-state index contributed by atoms with van der Waals surface area (Å²) in [6, 6.07) is -0.317. The molecule has 0 bridgehead atoms. The Morgan fingerprint density at radius 3 is 2.32 bits per heavy atom. The van der Waals surface area contributed by atoms with Crippen molar-refractivity contribution < 1.29 is 14.3 Å². The summed E-state index contributed by atoms with van der Waals surface area (Å²) in [4.78, 5) is 30.6. The van der Waals surface area contributed by atoms with Crippen LogP contribution in [0.1, 0.15) is 33.6 Å². The molecule has 22 heavy (non-hydrogen) atoms. The van der Waals surface area contributed by atoms with Crippen LogP contribution >= 0.6 is 0 Å². The SMILES string of the molecule is CN1CC2(CCN(C(=O)[C@H]3CCN3C(=O)OC(C)(C)C)C2)C1. The van der Waals surface area contributed by atoms with Gasteiger partial charge in [0, 0.05) is 38.1 Å². The quantitative estimate of drug-likeness (QED) is 0.729. The van der Waals surface area contributed by atoms with Crippen molar-refractivity contribution in [3.05, 3.63) is 0 Å². The Labute approximate surface area is 132 Å². The molecule has 3 fully saturated rings. The summed E-state index contributed by atoms with van der Waals surface area (Å²) in [5.41, 5.74) is -0.209. The number of hydrogen-bond donors (Lipinski definition) is 0. The van der Waals surface area contributed by atoms with Crippen LogP contribution in [0.3, 0.4) is 0 Å². The Hall–Kier alpha value is -1.30. The average molecular weight is 309 g/mol. The van der Waals surface area contributed by atoms with Gasteiger partial charge in [-0.25, -0.2) is 4.79 Å². The van der Waals surface area contributed by atoms with E-state index in [0.29, 0.717) is 12.0 Å². The van der Waals surface area contributed by atoms with Crippen LogP contribution < -0.4 is 0 Å². The molecule has 1 atom stereocenters. The molecule has 0 aliphatic carbocycles. The van der Waals surface area contributed by atoms with E-state index in [1.807, 2.05) is 25.7 Å². The van der Waals surface area contributed by atoms with Gasteiger partial charge in [0.1, 0.15) is 11.6 Å². The van der Waals surface area contributed by atoms with Crippen molar-refractivity contribution >= 4 is 12.0 Å². The minimum atomic E-state index is -0.519. The van der Waals surface area contributed by atoms with Crippen LogP contribution in [0, 0.1) is 5.41 Å². The Morgan fingerprint density at radius 2 is 1.82 bits per heavy atom. The molecule has 0 aromatic carbocycles. The Bertz CT molecular complexity index is 480. The smallest absolute Gasteiger partial charge is 0.410 e. The molecule has 0 unspecified atom stereocenters. The highest BCUT2D eigenvalue weighted by Crippen LogP contribution is 2.39. The third kappa shape index (κ3) is 2.81. The van der Waals surface area contributed by atoms with Gasteiger partial charge in [-0.15, -0.1) is 0 Å². The first-order valence-corrected chi connectivity index (χ1v) is 8.16. The number of ether oxygens (including phenoxy) is 1. The van der Waals surface area contributed by atoms with Crippen molar-refractivity contribution in [3.63, 3.8) is 0 Å². The zero-order valence-corrected chi connectivity index (χ0v) is 14.1. The number of carbonyl (C=O) groups excluding carboxylic acids is 2. The highest BCUT2D eigenvalue weighted by Gasteiger charge is 2.50. The van der Waals surface area contributed by atoms with E-state index in [1.165, 1.54) is 0 Å². The first kappa shape index (κ1) is 15.6. The fourth-order valence-electron chi connectivity index (χ4n) is 3.87. The van der Waals surface area contributed by atoms with Gasteiger partial charge >= 0.3 is 6.09 Å². The van der Waals surface area contributed by atoms with Crippen LogP contribution in [0.5, 0.6) is 0 Å². The molecular formula is C16H27N3O3. The standard InChI is InChI=1S/C16H27N3O3/c1-15(2,3)22-14(21)19-7-5-12(19)13(20)18-8-6-16(11-18)9-17(4)10-16/h12H,5-11H2,1-4H3/t12-/m1/s1. The topological polar surface area (TPSA) is 53.1 Å². The summed E-state index contributed by atoms with van der Waals surface area (Å²) in [6.07, 6.45) is 1.47. The minimum Gasteiger partial charge on any atom is -0.444 e. The lowest BCUT2D eigenvalue weighted by Crippen LogP contribution is -2.60. The van der Waals surface area contributed by atoms with E-state index in [4.69, 9.17) is 4.74 Å². The number of likely N-dealkylation sites (tertiary alicyclic amines) is 3. The molecule has 2 amide bonds. The van der Waals surface area contributed by atoms with Gasteiger partial charge in [0.25, 0.3) is 0 Å². The summed E-state index contributed by atoms with van der Waals surface area (Å²) < 4.78 is 5.38. The van der Waals surface area contributed by atoms with E-state index in [0.717, 1.165) is 39.0 Å². The predicted molar refractivity (Wildman–Crippen MR) is 82.5 cm³/mol. The molecule has 1 spiro atoms. The van der Waals surface area contributed by atoms with Crippen molar-refractivity contribution in [3.8, 4) is 0 Å². The fraction of sp³-hybridized carbons (Fsp3) is 0.875. The van der Waals surface area contributed by atoms with Gasteiger partial charge in [-0.2, -0.15) is 0 Å². The summed E-state index contributed by atoms with van der Waals surface area (Å²) in [5.74, 6) is 0.100. The lowest BCUT2D eigenvalue weighted by atomic mass is 9.79. The van der Waals surface area contributed by atoms with Crippen molar-refractivity contribution in [2.45, 2.75) is 45.3 Å². The monoisotopic (exact) mass is 309 g/mol. The number of amides is 2. The highest BCUT2D eigenvalue weighted by molar-refractivity contribution is 5.87. The Morgan fingerprint density at radius 1 is 1.14 bits per heavy atom. The van der Waals surface area contributed by atoms with E-state index >= 15 is 0 Å². The second-order valence-corrected chi connectivity index (χ2v) is 8.16. The van der Waals surface area contributed by atoms with Gasteiger partial charge in [0.15, 0.2) is 0 Å². The van der Waals surface area contributed by atoms with Crippen molar-refractivity contribution in [2.75, 3.05) is 39.8 Å². The number of carbonyl (C=O) groups is 2. The largest absolute Gasteiger partial charge is 0.444 e. The van der Waals surface area contributed by atoms with E-state index in [-0.39, 0.29) is 18.0 Å². The molecule has 3 aliphatic rings.